The van der Waals surface area contributed by atoms with Gasteiger partial charge in [-0.3, -0.25) is 19.3 Å². The Balaban J connectivity index is 1.26. The van der Waals surface area contributed by atoms with Crippen LogP contribution in [0.4, 0.5) is 5.69 Å². The fraction of sp³-hybridized carbons (Fsp3) is 0.348. The number of fused-ring (bicyclic) bond motifs is 5. The molecule has 3 aliphatic rings. The van der Waals surface area contributed by atoms with Gasteiger partial charge in [-0.05, 0) is 67.5 Å². The van der Waals surface area contributed by atoms with E-state index in [1.54, 1.807) is 36.4 Å². The van der Waals surface area contributed by atoms with Crippen molar-refractivity contribution < 1.29 is 19.1 Å². The van der Waals surface area contributed by atoms with Crippen LogP contribution in [0.2, 0.25) is 0 Å². The van der Waals surface area contributed by atoms with Crippen molar-refractivity contribution in [3.05, 3.63) is 58.6 Å². The molecule has 2 amide bonds. The van der Waals surface area contributed by atoms with Crippen LogP contribution in [0.25, 0.3) is 0 Å². The zero-order valence-corrected chi connectivity index (χ0v) is 17.3. The fourth-order valence-electron chi connectivity index (χ4n) is 5.22. The van der Waals surface area contributed by atoms with Crippen molar-refractivity contribution >= 4 is 39.2 Å². The van der Waals surface area contributed by atoms with E-state index in [1.165, 1.54) is 4.90 Å². The van der Waals surface area contributed by atoms with Gasteiger partial charge in [0, 0.05) is 10.0 Å². The van der Waals surface area contributed by atoms with Crippen LogP contribution in [0.5, 0.6) is 5.75 Å². The van der Waals surface area contributed by atoms with Crippen molar-refractivity contribution in [2.24, 2.45) is 23.7 Å². The van der Waals surface area contributed by atoms with Crippen LogP contribution in [0.3, 0.4) is 0 Å². The van der Waals surface area contributed by atoms with Gasteiger partial charge in [0.15, 0.2) is 12.4 Å². The third-order valence-corrected chi connectivity index (χ3v) is 7.09. The summed E-state index contributed by atoms with van der Waals surface area (Å²) in [5, 5.41) is 0. The molecule has 29 heavy (non-hydrogen) atoms. The lowest BCUT2D eigenvalue weighted by Gasteiger charge is -2.19. The van der Waals surface area contributed by atoms with Crippen LogP contribution in [-0.2, 0) is 9.59 Å². The van der Waals surface area contributed by atoms with Gasteiger partial charge in [-0.25, -0.2) is 0 Å². The second-order valence-electron chi connectivity index (χ2n) is 8.11. The SMILES string of the molecule is O=C(COc1ccc(N2C(=O)[C@@H]3[C@H]4CC[C@@H](C4)[C@H]3C2=O)cc1)c1ccc(Br)cc1. The first-order valence-corrected chi connectivity index (χ1v) is 10.7. The molecule has 2 bridgehead atoms. The summed E-state index contributed by atoms with van der Waals surface area (Å²) in [7, 11) is 0. The Kier molecular flexibility index (Phi) is 4.54. The molecule has 2 aromatic rings. The molecular weight excluding hydrogens is 434 g/mol. The molecule has 3 fully saturated rings. The molecule has 1 heterocycles. The molecule has 148 valence electrons. The van der Waals surface area contributed by atoms with Gasteiger partial charge >= 0.3 is 0 Å². The largest absolute Gasteiger partial charge is 0.485 e. The Morgan fingerprint density at radius 2 is 1.52 bits per heavy atom. The van der Waals surface area contributed by atoms with E-state index >= 15 is 0 Å². The third-order valence-electron chi connectivity index (χ3n) is 6.56. The van der Waals surface area contributed by atoms with Crippen LogP contribution >= 0.6 is 15.9 Å². The van der Waals surface area contributed by atoms with Gasteiger partial charge in [-0.2, -0.15) is 0 Å². The summed E-state index contributed by atoms with van der Waals surface area (Å²) in [5.41, 5.74) is 1.17. The predicted octanol–water partition coefficient (Wildman–Crippen LogP) is 4.25. The lowest BCUT2D eigenvalue weighted by Crippen LogP contribution is -2.32. The van der Waals surface area contributed by atoms with Crippen molar-refractivity contribution in [2.75, 3.05) is 11.5 Å². The minimum Gasteiger partial charge on any atom is -0.485 e. The number of hydrogen-bond donors (Lipinski definition) is 0. The van der Waals surface area contributed by atoms with E-state index in [9.17, 15) is 14.4 Å². The third kappa shape index (κ3) is 3.10. The molecule has 2 aliphatic carbocycles. The molecule has 6 heteroatoms. The summed E-state index contributed by atoms with van der Waals surface area (Å²) >= 11 is 3.34. The van der Waals surface area contributed by atoms with Crippen molar-refractivity contribution in [3.8, 4) is 5.75 Å². The molecule has 2 saturated carbocycles. The minimum atomic E-state index is -0.124. The van der Waals surface area contributed by atoms with Crippen molar-refractivity contribution in [1.82, 2.24) is 0 Å². The molecule has 1 aliphatic heterocycles. The number of amides is 2. The highest BCUT2D eigenvalue weighted by molar-refractivity contribution is 9.10. The van der Waals surface area contributed by atoms with Gasteiger partial charge in [-0.1, -0.05) is 28.1 Å². The smallest absolute Gasteiger partial charge is 0.237 e. The van der Waals surface area contributed by atoms with Gasteiger partial charge in [0.05, 0.1) is 17.5 Å². The lowest BCUT2D eigenvalue weighted by molar-refractivity contribution is -0.123. The summed E-state index contributed by atoms with van der Waals surface area (Å²) in [5.74, 6) is 0.810. The average Bonchev–Trinajstić information content (AvgIpc) is 3.41. The van der Waals surface area contributed by atoms with E-state index in [0.29, 0.717) is 28.8 Å². The van der Waals surface area contributed by atoms with E-state index in [1.807, 2.05) is 12.1 Å². The normalized spacial score (nSPS) is 27.4. The lowest BCUT2D eigenvalue weighted by atomic mass is 9.81. The number of nitrogens with zero attached hydrogens (tertiary/aromatic N) is 1. The van der Waals surface area contributed by atoms with Crippen LogP contribution in [0.15, 0.2) is 53.0 Å². The molecule has 0 aromatic heterocycles. The summed E-state index contributed by atoms with van der Waals surface area (Å²) in [6.07, 6.45) is 3.16. The number of benzene rings is 2. The molecule has 0 unspecified atom stereocenters. The second-order valence-corrected chi connectivity index (χ2v) is 9.02. The number of halogens is 1. The number of anilines is 1. The number of ether oxygens (including phenoxy) is 1. The molecule has 0 radical (unpaired) electrons. The zero-order valence-electron chi connectivity index (χ0n) is 15.7. The number of rotatable bonds is 5. The van der Waals surface area contributed by atoms with Gasteiger partial charge in [0.1, 0.15) is 5.75 Å². The van der Waals surface area contributed by atoms with Crippen LogP contribution < -0.4 is 9.64 Å². The Labute approximate surface area is 177 Å². The monoisotopic (exact) mass is 453 g/mol. The van der Waals surface area contributed by atoms with Gasteiger partial charge < -0.3 is 4.74 Å². The number of imide groups is 1. The number of Topliss-reactive ketones (excluding diaryl/α,β-unsaturated/α-hetero) is 1. The Hall–Kier alpha value is -2.47. The minimum absolute atomic E-state index is 0.0497. The van der Waals surface area contributed by atoms with Gasteiger partial charge in [0.25, 0.3) is 0 Å². The molecule has 2 aromatic carbocycles. The molecule has 5 rings (SSSR count). The quantitative estimate of drug-likeness (QED) is 0.501. The highest BCUT2D eigenvalue weighted by Gasteiger charge is 2.61. The fourth-order valence-corrected chi connectivity index (χ4v) is 5.49. The maximum Gasteiger partial charge on any atom is 0.237 e. The standard InChI is InChI=1S/C23H20BrNO4/c24-16-5-3-13(4-6-16)19(26)12-29-18-9-7-17(8-10-18)25-22(27)20-14-1-2-15(11-14)21(20)23(25)28/h3-10,14-15,20-21H,1-2,11-12H2/t14-,15-,20+,21+/m0/s1. The number of ketones is 1. The first-order chi connectivity index (χ1) is 14.0. The van der Waals surface area contributed by atoms with Gasteiger partial charge in [-0.15, -0.1) is 0 Å². The van der Waals surface area contributed by atoms with Crippen LogP contribution in [-0.4, -0.2) is 24.2 Å². The average molecular weight is 454 g/mol. The number of carbonyl (C=O) groups is 3. The predicted molar refractivity (Wildman–Crippen MR) is 111 cm³/mol. The molecular formula is C23H20BrNO4. The second kappa shape index (κ2) is 7.10. The van der Waals surface area contributed by atoms with Crippen molar-refractivity contribution in [1.29, 1.82) is 0 Å². The molecule has 1 saturated heterocycles. The molecule has 0 N–H and O–H groups in total. The Morgan fingerprint density at radius 1 is 0.931 bits per heavy atom. The Morgan fingerprint density at radius 3 is 2.10 bits per heavy atom. The van der Waals surface area contributed by atoms with Gasteiger partial charge in [0.2, 0.25) is 11.8 Å². The van der Waals surface area contributed by atoms with Crippen molar-refractivity contribution in [3.63, 3.8) is 0 Å². The summed E-state index contributed by atoms with van der Waals surface area (Å²) in [6.45, 7) is -0.0734. The summed E-state index contributed by atoms with van der Waals surface area (Å²) < 4.78 is 6.50. The first-order valence-electron chi connectivity index (χ1n) is 9.92. The highest BCUT2D eigenvalue weighted by Crippen LogP contribution is 2.56. The summed E-state index contributed by atoms with van der Waals surface area (Å²) in [4.78, 5) is 39.4. The molecule has 5 nitrogen and oxygen atoms in total. The molecule has 4 atom stereocenters. The topological polar surface area (TPSA) is 63.7 Å². The van der Waals surface area contributed by atoms with E-state index in [0.717, 1.165) is 23.7 Å². The Bertz CT molecular complexity index is 957. The molecule has 0 spiro atoms. The highest BCUT2D eigenvalue weighted by atomic mass is 79.9. The number of hydrogen-bond acceptors (Lipinski definition) is 4. The van der Waals surface area contributed by atoms with E-state index < -0.39 is 0 Å². The van der Waals surface area contributed by atoms with E-state index in [2.05, 4.69) is 15.9 Å². The van der Waals surface area contributed by atoms with Crippen LogP contribution in [0.1, 0.15) is 29.6 Å². The number of carbonyl (C=O) groups excluding carboxylic acids is 3. The maximum atomic E-state index is 12.9. The zero-order chi connectivity index (χ0) is 20.1. The van der Waals surface area contributed by atoms with Crippen LogP contribution in [0, 0.1) is 23.7 Å². The summed E-state index contributed by atoms with van der Waals surface area (Å²) in [6, 6.07) is 14.0. The van der Waals surface area contributed by atoms with E-state index in [-0.39, 0.29) is 36.0 Å². The van der Waals surface area contributed by atoms with Crippen molar-refractivity contribution in [2.45, 2.75) is 19.3 Å². The first kappa shape index (κ1) is 18.6. The van der Waals surface area contributed by atoms with E-state index in [4.69, 9.17) is 4.74 Å². The maximum absolute atomic E-state index is 12.9.